The number of rotatable bonds is 5. The molecular weight excluding hydrogens is 164 g/mol. The molecule has 0 bridgehead atoms. The van der Waals surface area contributed by atoms with E-state index in [2.05, 4.69) is 0 Å². The van der Waals surface area contributed by atoms with Crippen LogP contribution in [-0.2, 0) is 4.79 Å². The average molecular weight is 177 g/mol. The Morgan fingerprint density at radius 2 is 2.36 bits per heavy atom. The van der Waals surface area contributed by atoms with E-state index in [0.29, 0.717) is 6.42 Å². The van der Waals surface area contributed by atoms with Crippen LogP contribution in [0.3, 0.4) is 0 Å². The molecule has 0 radical (unpaired) electrons. The summed E-state index contributed by atoms with van der Waals surface area (Å²) in [4.78, 5) is 10.1. The van der Waals surface area contributed by atoms with Crippen molar-refractivity contribution in [2.75, 3.05) is 0 Å². The second-order valence-corrected chi connectivity index (χ2v) is 2.89. The van der Waals surface area contributed by atoms with Gasteiger partial charge in [-0.05, 0) is 19.8 Å². The van der Waals surface area contributed by atoms with Gasteiger partial charge in [0.25, 0.3) is 0 Å². The summed E-state index contributed by atoms with van der Waals surface area (Å²) in [6.07, 6.45) is 5.33. The monoisotopic (exact) mass is 176 g/mol. The maximum Gasteiger partial charge on any atom is 0.303 e. The van der Waals surface area contributed by atoms with Gasteiger partial charge in [-0.25, -0.2) is 0 Å². The van der Waals surface area contributed by atoms with Crippen LogP contribution in [0.1, 0.15) is 26.2 Å². The predicted octanol–water partition coefficient (Wildman–Crippen LogP) is 2.42. The molecule has 3 heteroatoms. The number of allylic oxidation sites excluding steroid dienone is 2. The molecule has 0 saturated carbocycles. The fourth-order valence-electron chi connectivity index (χ4n) is 0.753. The first kappa shape index (κ1) is 10.5. The fraction of sp³-hybridized carbons (Fsp3) is 0.625. The summed E-state index contributed by atoms with van der Waals surface area (Å²) in [6.45, 7) is 1.90. The molecule has 0 heterocycles. The van der Waals surface area contributed by atoms with Crippen molar-refractivity contribution < 1.29 is 9.90 Å². The molecule has 0 spiro atoms. The van der Waals surface area contributed by atoms with Gasteiger partial charge in [-0.3, -0.25) is 4.79 Å². The minimum absolute atomic E-state index is 0.0145. The lowest BCUT2D eigenvalue weighted by Gasteiger charge is -2.00. The molecule has 1 N–H and O–H groups in total. The van der Waals surface area contributed by atoms with E-state index < -0.39 is 5.97 Å². The normalized spacial score (nSPS) is 13.6. The summed E-state index contributed by atoms with van der Waals surface area (Å²) in [5.41, 5.74) is 0. The number of alkyl halides is 1. The zero-order chi connectivity index (χ0) is 8.69. The van der Waals surface area contributed by atoms with Gasteiger partial charge >= 0.3 is 5.97 Å². The van der Waals surface area contributed by atoms with Crippen molar-refractivity contribution in [3.05, 3.63) is 12.2 Å². The summed E-state index contributed by atoms with van der Waals surface area (Å²) < 4.78 is 0. The summed E-state index contributed by atoms with van der Waals surface area (Å²) in [5.74, 6) is -0.755. The lowest BCUT2D eigenvalue weighted by atomic mass is 10.2. The van der Waals surface area contributed by atoms with Crippen molar-refractivity contribution in [1.29, 1.82) is 0 Å². The van der Waals surface area contributed by atoms with Crippen molar-refractivity contribution in [3.8, 4) is 0 Å². The van der Waals surface area contributed by atoms with Gasteiger partial charge < -0.3 is 5.11 Å². The van der Waals surface area contributed by atoms with Crippen molar-refractivity contribution in [1.82, 2.24) is 0 Å². The lowest BCUT2D eigenvalue weighted by molar-refractivity contribution is -0.137. The molecule has 1 atom stereocenters. The summed E-state index contributed by atoms with van der Waals surface area (Å²) in [7, 11) is 0. The van der Waals surface area contributed by atoms with Crippen LogP contribution in [0.5, 0.6) is 0 Å². The number of carboxylic acids is 1. The molecular formula is C8H13ClO2. The third-order valence-corrected chi connectivity index (χ3v) is 1.64. The number of carboxylic acid groups (broad SMARTS) is 1. The molecule has 0 aliphatic heterocycles. The highest BCUT2D eigenvalue weighted by Gasteiger charge is 2.01. The Morgan fingerprint density at radius 3 is 2.82 bits per heavy atom. The molecule has 0 aromatic rings. The molecule has 0 saturated heterocycles. The first-order valence-electron chi connectivity index (χ1n) is 3.65. The van der Waals surface area contributed by atoms with Crippen molar-refractivity contribution >= 4 is 17.6 Å². The van der Waals surface area contributed by atoms with Gasteiger partial charge in [0, 0.05) is 6.42 Å². The molecule has 64 valence electrons. The van der Waals surface area contributed by atoms with Crippen LogP contribution in [0.2, 0.25) is 0 Å². The van der Waals surface area contributed by atoms with Crippen molar-refractivity contribution in [2.24, 2.45) is 0 Å². The van der Waals surface area contributed by atoms with E-state index in [4.69, 9.17) is 16.7 Å². The summed E-state index contributed by atoms with van der Waals surface area (Å²) in [5, 5.41) is 8.28. The van der Waals surface area contributed by atoms with Crippen LogP contribution in [0.15, 0.2) is 12.2 Å². The SMILES string of the molecule is C/C=C/C(Cl)CCCC(=O)O. The van der Waals surface area contributed by atoms with E-state index in [1.807, 2.05) is 19.1 Å². The largest absolute Gasteiger partial charge is 0.481 e. The predicted molar refractivity (Wildman–Crippen MR) is 45.9 cm³/mol. The molecule has 0 aromatic carbocycles. The number of hydrogen-bond donors (Lipinski definition) is 1. The topological polar surface area (TPSA) is 37.3 Å². The Labute approximate surface area is 71.9 Å². The van der Waals surface area contributed by atoms with Gasteiger partial charge in [0.2, 0.25) is 0 Å². The van der Waals surface area contributed by atoms with Gasteiger partial charge in [-0.15, -0.1) is 11.6 Å². The van der Waals surface area contributed by atoms with E-state index in [-0.39, 0.29) is 11.8 Å². The molecule has 0 fully saturated rings. The smallest absolute Gasteiger partial charge is 0.303 e. The average Bonchev–Trinajstić information content (AvgIpc) is 1.87. The molecule has 0 aliphatic rings. The Hall–Kier alpha value is -0.500. The zero-order valence-electron chi connectivity index (χ0n) is 6.59. The minimum atomic E-state index is -0.755. The van der Waals surface area contributed by atoms with E-state index in [9.17, 15) is 4.79 Å². The molecule has 2 nitrogen and oxygen atoms in total. The quantitative estimate of drug-likeness (QED) is 0.516. The van der Waals surface area contributed by atoms with Crippen LogP contribution in [0.4, 0.5) is 0 Å². The Bertz CT molecular complexity index is 143. The third kappa shape index (κ3) is 7.40. The van der Waals surface area contributed by atoms with Crippen molar-refractivity contribution in [3.63, 3.8) is 0 Å². The summed E-state index contributed by atoms with van der Waals surface area (Å²) in [6, 6.07) is 0. The number of hydrogen-bond acceptors (Lipinski definition) is 1. The van der Waals surface area contributed by atoms with Crippen LogP contribution in [0.25, 0.3) is 0 Å². The Kier molecular flexibility index (Phi) is 5.94. The first-order chi connectivity index (χ1) is 5.16. The van der Waals surface area contributed by atoms with E-state index in [0.717, 1.165) is 6.42 Å². The molecule has 1 unspecified atom stereocenters. The fourth-order valence-corrected chi connectivity index (χ4v) is 1.05. The van der Waals surface area contributed by atoms with Gasteiger partial charge in [-0.2, -0.15) is 0 Å². The van der Waals surface area contributed by atoms with Gasteiger partial charge in [-0.1, -0.05) is 12.2 Å². The van der Waals surface area contributed by atoms with Crippen LogP contribution < -0.4 is 0 Å². The highest BCUT2D eigenvalue weighted by atomic mass is 35.5. The van der Waals surface area contributed by atoms with Crippen LogP contribution in [0, 0.1) is 0 Å². The van der Waals surface area contributed by atoms with Gasteiger partial charge in [0.05, 0.1) is 5.38 Å². The Balaban J connectivity index is 3.31. The van der Waals surface area contributed by atoms with Crippen LogP contribution >= 0.6 is 11.6 Å². The summed E-state index contributed by atoms with van der Waals surface area (Å²) >= 11 is 5.78. The highest BCUT2D eigenvalue weighted by molar-refractivity contribution is 6.21. The zero-order valence-corrected chi connectivity index (χ0v) is 7.34. The molecule has 0 aromatic heterocycles. The third-order valence-electron chi connectivity index (χ3n) is 1.27. The molecule has 11 heavy (non-hydrogen) atoms. The van der Waals surface area contributed by atoms with Gasteiger partial charge in [0.1, 0.15) is 0 Å². The Morgan fingerprint density at radius 1 is 1.73 bits per heavy atom. The van der Waals surface area contributed by atoms with E-state index in [1.165, 1.54) is 0 Å². The number of aliphatic carboxylic acids is 1. The van der Waals surface area contributed by atoms with E-state index >= 15 is 0 Å². The second kappa shape index (κ2) is 6.23. The van der Waals surface area contributed by atoms with E-state index in [1.54, 1.807) is 0 Å². The van der Waals surface area contributed by atoms with Gasteiger partial charge in [0.15, 0.2) is 0 Å². The second-order valence-electron chi connectivity index (χ2n) is 2.33. The molecule has 0 rings (SSSR count). The minimum Gasteiger partial charge on any atom is -0.481 e. The number of carbonyl (C=O) groups is 1. The maximum absolute atomic E-state index is 10.1. The first-order valence-corrected chi connectivity index (χ1v) is 4.09. The number of halogens is 1. The molecule has 0 amide bonds. The molecule has 0 aliphatic carbocycles. The van der Waals surface area contributed by atoms with Crippen molar-refractivity contribution in [2.45, 2.75) is 31.6 Å². The standard InChI is InChI=1S/C8H13ClO2/c1-2-4-7(9)5-3-6-8(10)11/h2,4,7H,3,5-6H2,1H3,(H,10,11)/b4-2+. The lowest BCUT2D eigenvalue weighted by Crippen LogP contribution is -1.98. The maximum atomic E-state index is 10.1. The van der Waals surface area contributed by atoms with Crippen LogP contribution in [-0.4, -0.2) is 16.5 Å². The highest BCUT2D eigenvalue weighted by Crippen LogP contribution is 2.08.